The van der Waals surface area contributed by atoms with Crippen LogP contribution in [0.1, 0.15) is 36.5 Å². The number of hydrogen-bond acceptors (Lipinski definition) is 7. The summed E-state index contributed by atoms with van der Waals surface area (Å²) in [5.41, 5.74) is 8.48. The second-order valence-corrected chi connectivity index (χ2v) is 10.3. The van der Waals surface area contributed by atoms with Gasteiger partial charge < -0.3 is 19.5 Å². The number of amides is 1. The summed E-state index contributed by atoms with van der Waals surface area (Å²) in [4.78, 5) is 20.9. The Kier molecular flexibility index (Phi) is 10.7. The number of hydrogen-bond donors (Lipinski definition) is 3. The van der Waals surface area contributed by atoms with Gasteiger partial charge in [-0.1, -0.05) is 60.7 Å². The zero-order valence-electron chi connectivity index (χ0n) is 23.9. The van der Waals surface area contributed by atoms with Crippen molar-refractivity contribution >= 4 is 11.8 Å². The van der Waals surface area contributed by atoms with E-state index in [4.69, 9.17) is 19.6 Å². The minimum Gasteiger partial charge on any atom is -0.494 e. The van der Waals surface area contributed by atoms with Gasteiger partial charge in [-0.2, -0.15) is 0 Å². The molecule has 8 nitrogen and oxygen atoms in total. The topological polar surface area (TPSA) is 95.4 Å². The highest BCUT2D eigenvalue weighted by molar-refractivity contribution is 6.01. The van der Waals surface area contributed by atoms with E-state index in [0.717, 1.165) is 35.2 Å². The lowest BCUT2D eigenvalue weighted by Crippen LogP contribution is -2.52. The van der Waals surface area contributed by atoms with Crippen LogP contribution in [-0.4, -0.2) is 67.7 Å². The van der Waals surface area contributed by atoms with E-state index < -0.39 is 11.6 Å². The number of nitrogens with zero attached hydrogens (tertiary/aromatic N) is 2. The van der Waals surface area contributed by atoms with Crippen LogP contribution in [0.3, 0.4) is 0 Å². The van der Waals surface area contributed by atoms with Crippen molar-refractivity contribution in [2.75, 3.05) is 40.4 Å². The van der Waals surface area contributed by atoms with Crippen LogP contribution >= 0.6 is 0 Å². The van der Waals surface area contributed by atoms with Crippen molar-refractivity contribution in [1.29, 1.82) is 0 Å². The molecule has 2 atom stereocenters. The lowest BCUT2D eigenvalue weighted by molar-refractivity contribution is -0.129. The van der Waals surface area contributed by atoms with E-state index >= 15 is 0 Å². The fourth-order valence-corrected chi connectivity index (χ4v) is 4.75. The van der Waals surface area contributed by atoms with Gasteiger partial charge >= 0.3 is 0 Å². The third-order valence-electron chi connectivity index (χ3n) is 6.92. The first-order chi connectivity index (χ1) is 20.0. The van der Waals surface area contributed by atoms with E-state index in [1.807, 2.05) is 80.8 Å². The normalized spacial score (nSPS) is 18.0. The second kappa shape index (κ2) is 14.6. The SMILES string of the molecule is C=CC[C@]1(C(=O)NNCCCN(C)C)N=C(c2ccc(OCCCO)cc2)O[C@H]1c1ccc(-c2ccccc2)cc1. The highest BCUT2D eigenvalue weighted by atomic mass is 16.5. The molecule has 0 aliphatic carbocycles. The van der Waals surface area contributed by atoms with Crippen molar-refractivity contribution < 1.29 is 19.4 Å². The molecular weight excluding hydrogens is 516 g/mol. The fraction of sp³-hybridized carbons (Fsp3) is 0.333. The Hall–Kier alpha value is -3.98. The number of carbonyl (C=O) groups is 1. The third-order valence-corrected chi connectivity index (χ3v) is 6.92. The lowest BCUT2D eigenvalue weighted by Gasteiger charge is -2.30. The third kappa shape index (κ3) is 7.61. The van der Waals surface area contributed by atoms with Crippen LogP contribution in [0.25, 0.3) is 11.1 Å². The van der Waals surface area contributed by atoms with Gasteiger partial charge in [0.2, 0.25) is 5.90 Å². The molecule has 4 rings (SSSR count). The summed E-state index contributed by atoms with van der Waals surface area (Å²) in [7, 11) is 4.04. The fourth-order valence-electron chi connectivity index (χ4n) is 4.75. The molecule has 1 aliphatic heterocycles. The predicted octanol–water partition coefficient (Wildman–Crippen LogP) is 4.52. The number of aliphatic imine (C=N–C) groups is 1. The number of hydrazine groups is 1. The van der Waals surface area contributed by atoms with Crippen LogP contribution in [0.2, 0.25) is 0 Å². The molecule has 3 N–H and O–H groups in total. The summed E-state index contributed by atoms with van der Waals surface area (Å²) in [5.74, 6) is 0.790. The molecule has 3 aromatic rings. The molecular formula is C33H40N4O4. The number of aliphatic hydroxyl groups excluding tert-OH is 1. The highest BCUT2D eigenvalue weighted by Gasteiger charge is 2.52. The van der Waals surface area contributed by atoms with Gasteiger partial charge in [-0.3, -0.25) is 10.2 Å². The van der Waals surface area contributed by atoms with Crippen LogP contribution in [0.15, 0.2) is 96.5 Å². The Morgan fingerprint density at radius 2 is 1.71 bits per heavy atom. The maximum atomic E-state index is 13.8. The second-order valence-electron chi connectivity index (χ2n) is 10.3. The predicted molar refractivity (Wildman–Crippen MR) is 163 cm³/mol. The molecule has 1 amide bonds. The number of ether oxygens (including phenoxy) is 2. The van der Waals surface area contributed by atoms with Gasteiger partial charge in [-0.15, -0.1) is 6.58 Å². The molecule has 216 valence electrons. The van der Waals surface area contributed by atoms with Gasteiger partial charge in [0.25, 0.3) is 5.91 Å². The van der Waals surface area contributed by atoms with Crippen LogP contribution in [-0.2, 0) is 9.53 Å². The van der Waals surface area contributed by atoms with Crippen LogP contribution in [0.4, 0.5) is 0 Å². The van der Waals surface area contributed by atoms with Crippen molar-refractivity contribution in [3.05, 3.63) is 103 Å². The average molecular weight is 557 g/mol. The molecule has 0 unspecified atom stereocenters. The van der Waals surface area contributed by atoms with Gasteiger partial charge in [-0.05, 0) is 68.0 Å². The van der Waals surface area contributed by atoms with Gasteiger partial charge in [0.05, 0.1) is 6.61 Å². The number of nitrogens with one attached hydrogen (secondary N) is 2. The smallest absolute Gasteiger partial charge is 0.266 e. The summed E-state index contributed by atoms with van der Waals surface area (Å²) in [6, 6.07) is 25.6. The molecule has 3 aromatic carbocycles. The Balaban J connectivity index is 1.62. The molecule has 0 radical (unpaired) electrons. The monoisotopic (exact) mass is 556 g/mol. The number of aliphatic hydroxyl groups is 1. The first-order valence-electron chi connectivity index (χ1n) is 14.0. The van der Waals surface area contributed by atoms with Crippen molar-refractivity contribution in [2.24, 2.45) is 4.99 Å². The zero-order valence-corrected chi connectivity index (χ0v) is 23.9. The lowest BCUT2D eigenvalue weighted by atomic mass is 9.84. The highest BCUT2D eigenvalue weighted by Crippen LogP contribution is 2.43. The van der Waals surface area contributed by atoms with Gasteiger partial charge in [0.1, 0.15) is 5.75 Å². The minimum atomic E-state index is -1.25. The maximum Gasteiger partial charge on any atom is 0.266 e. The van der Waals surface area contributed by atoms with E-state index in [9.17, 15) is 4.79 Å². The molecule has 0 saturated carbocycles. The number of carbonyl (C=O) groups excluding carboxylic acids is 1. The van der Waals surface area contributed by atoms with Gasteiger partial charge in [-0.25, -0.2) is 10.4 Å². The van der Waals surface area contributed by atoms with E-state index in [0.29, 0.717) is 31.2 Å². The standard InChI is InChI=1S/C33H40N4O4/c1-4-20-33(32(39)36-34-21-8-22-37(2)3)30(27-14-12-26(13-15-27)25-10-6-5-7-11-25)41-31(35-33)28-16-18-29(19-17-28)40-24-9-23-38/h4-7,10-19,30,34,38H,1,8-9,20-24H2,2-3H3,(H,36,39)/t30-,33-/m0/s1. The van der Waals surface area contributed by atoms with Crippen LogP contribution in [0.5, 0.6) is 5.75 Å². The van der Waals surface area contributed by atoms with Gasteiger partial charge in [0, 0.05) is 31.6 Å². The molecule has 41 heavy (non-hydrogen) atoms. The summed E-state index contributed by atoms with van der Waals surface area (Å²) in [6.45, 7) is 5.98. The molecule has 8 heteroatoms. The first kappa shape index (κ1) is 30.0. The van der Waals surface area contributed by atoms with Crippen molar-refractivity contribution in [3.63, 3.8) is 0 Å². The maximum absolute atomic E-state index is 13.8. The van der Waals surface area contributed by atoms with Crippen molar-refractivity contribution in [3.8, 4) is 16.9 Å². The van der Waals surface area contributed by atoms with Crippen LogP contribution < -0.4 is 15.6 Å². The molecule has 0 aromatic heterocycles. The molecule has 0 bridgehead atoms. The number of rotatable bonds is 15. The Morgan fingerprint density at radius 3 is 2.37 bits per heavy atom. The molecule has 0 spiro atoms. The molecule has 1 aliphatic rings. The van der Waals surface area contributed by atoms with E-state index in [1.54, 1.807) is 6.08 Å². The zero-order chi connectivity index (χ0) is 29.1. The molecule has 1 heterocycles. The summed E-state index contributed by atoms with van der Waals surface area (Å²) in [5, 5.41) is 9.01. The van der Waals surface area contributed by atoms with E-state index in [-0.39, 0.29) is 18.9 Å². The summed E-state index contributed by atoms with van der Waals surface area (Å²) < 4.78 is 12.2. The summed E-state index contributed by atoms with van der Waals surface area (Å²) in [6.07, 6.45) is 2.78. The molecule has 0 saturated heterocycles. The largest absolute Gasteiger partial charge is 0.494 e. The first-order valence-corrected chi connectivity index (χ1v) is 14.0. The van der Waals surface area contributed by atoms with Gasteiger partial charge in [0.15, 0.2) is 11.6 Å². The Bertz CT molecular complexity index is 1290. The Morgan fingerprint density at radius 1 is 1.02 bits per heavy atom. The van der Waals surface area contributed by atoms with Crippen molar-refractivity contribution in [1.82, 2.24) is 15.8 Å². The van der Waals surface area contributed by atoms with E-state index in [2.05, 4.69) is 34.5 Å². The Labute approximate surface area is 242 Å². The quantitative estimate of drug-likeness (QED) is 0.145. The average Bonchev–Trinajstić information content (AvgIpc) is 3.38. The number of benzene rings is 3. The molecule has 0 fully saturated rings. The van der Waals surface area contributed by atoms with Crippen molar-refractivity contribution in [2.45, 2.75) is 30.9 Å². The van der Waals surface area contributed by atoms with E-state index in [1.165, 1.54) is 0 Å². The minimum absolute atomic E-state index is 0.0778. The van der Waals surface area contributed by atoms with Crippen LogP contribution in [0, 0.1) is 0 Å². The summed E-state index contributed by atoms with van der Waals surface area (Å²) >= 11 is 0.